The van der Waals surface area contributed by atoms with Crippen molar-refractivity contribution in [2.24, 2.45) is 14.1 Å². The third kappa shape index (κ3) is 3.27. The Morgan fingerprint density at radius 1 is 1.30 bits per heavy atom. The van der Waals surface area contributed by atoms with Crippen molar-refractivity contribution in [2.45, 2.75) is 18.0 Å². The van der Waals surface area contributed by atoms with E-state index in [1.165, 1.54) is 0 Å². The number of hydrogen-bond acceptors (Lipinski definition) is 4. The highest BCUT2D eigenvalue weighted by Crippen LogP contribution is 2.13. The van der Waals surface area contributed by atoms with Crippen LogP contribution in [0.4, 0.5) is 0 Å². The summed E-state index contributed by atoms with van der Waals surface area (Å²) in [4.78, 5) is 0.265. The van der Waals surface area contributed by atoms with Gasteiger partial charge >= 0.3 is 0 Å². The van der Waals surface area contributed by atoms with Crippen LogP contribution in [0.25, 0.3) is 0 Å². The SMILES string of the molecule is CNCc1cc(S(=O)(=O)NCc2ccn(C)n2)cn1C. The van der Waals surface area contributed by atoms with Gasteiger partial charge in [0.15, 0.2) is 0 Å². The van der Waals surface area contributed by atoms with Crippen LogP contribution in [-0.2, 0) is 37.2 Å². The minimum atomic E-state index is -3.52. The zero-order valence-corrected chi connectivity index (χ0v) is 12.6. The van der Waals surface area contributed by atoms with Crippen molar-refractivity contribution in [3.05, 3.63) is 35.9 Å². The molecule has 0 atom stereocenters. The van der Waals surface area contributed by atoms with Gasteiger partial charge in [-0.2, -0.15) is 5.10 Å². The Hall–Kier alpha value is -1.64. The lowest BCUT2D eigenvalue weighted by Crippen LogP contribution is -2.23. The van der Waals surface area contributed by atoms with E-state index in [0.29, 0.717) is 12.2 Å². The molecule has 2 aromatic heterocycles. The molecule has 0 spiro atoms. The fourth-order valence-corrected chi connectivity index (χ4v) is 2.98. The van der Waals surface area contributed by atoms with E-state index in [0.717, 1.165) is 5.69 Å². The molecule has 0 aliphatic heterocycles. The van der Waals surface area contributed by atoms with Gasteiger partial charge in [-0.1, -0.05) is 0 Å². The molecular weight excluding hydrogens is 278 g/mol. The predicted octanol–water partition coefficient (Wildman–Crippen LogP) is -0.0435. The third-order valence-corrected chi connectivity index (χ3v) is 4.33. The minimum Gasteiger partial charge on any atom is -0.352 e. The van der Waals surface area contributed by atoms with E-state index in [4.69, 9.17) is 0 Å². The highest BCUT2D eigenvalue weighted by Gasteiger charge is 2.17. The van der Waals surface area contributed by atoms with Crippen LogP contribution in [0.1, 0.15) is 11.4 Å². The molecule has 2 rings (SSSR count). The van der Waals surface area contributed by atoms with Gasteiger partial charge in [-0.25, -0.2) is 13.1 Å². The first-order valence-electron chi connectivity index (χ1n) is 6.20. The third-order valence-electron chi connectivity index (χ3n) is 2.96. The zero-order valence-electron chi connectivity index (χ0n) is 11.8. The van der Waals surface area contributed by atoms with Gasteiger partial charge in [-0.05, 0) is 19.2 Å². The quantitative estimate of drug-likeness (QED) is 0.784. The topological polar surface area (TPSA) is 81.0 Å². The summed E-state index contributed by atoms with van der Waals surface area (Å²) >= 11 is 0. The fraction of sp³-hybridized carbons (Fsp3) is 0.417. The van der Waals surface area contributed by atoms with E-state index in [-0.39, 0.29) is 11.4 Å². The van der Waals surface area contributed by atoms with Gasteiger partial charge in [0.25, 0.3) is 0 Å². The molecule has 2 aromatic rings. The first-order chi connectivity index (χ1) is 9.42. The van der Waals surface area contributed by atoms with E-state index >= 15 is 0 Å². The molecule has 7 nitrogen and oxygen atoms in total. The smallest absolute Gasteiger partial charge is 0.242 e. The number of nitrogens with one attached hydrogen (secondary N) is 2. The van der Waals surface area contributed by atoms with Crippen molar-refractivity contribution in [1.82, 2.24) is 24.4 Å². The summed E-state index contributed by atoms with van der Waals surface area (Å²) in [5.74, 6) is 0. The second-order valence-corrected chi connectivity index (χ2v) is 6.38. The summed E-state index contributed by atoms with van der Waals surface area (Å²) in [5, 5.41) is 7.14. The molecule has 2 heterocycles. The van der Waals surface area contributed by atoms with E-state index in [2.05, 4.69) is 15.1 Å². The number of nitrogens with zero attached hydrogens (tertiary/aromatic N) is 3. The molecule has 0 saturated heterocycles. The molecule has 0 aliphatic carbocycles. The molecule has 0 amide bonds. The van der Waals surface area contributed by atoms with Gasteiger partial charge < -0.3 is 9.88 Å². The molecule has 2 N–H and O–H groups in total. The summed E-state index contributed by atoms with van der Waals surface area (Å²) in [7, 11) is 1.92. The van der Waals surface area contributed by atoms with Crippen LogP contribution in [0.3, 0.4) is 0 Å². The zero-order chi connectivity index (χ0) is 14.8. The van der Waals surface area contributed by atoms with Crippen LogP contribution in [0.2, 0.25) is 0 Å². The van der Waals surface area contributed by atoms with Crippen LogP contribution in [0.15, 0.2) is 29.4 Å². The van der Waals surface area contributed by atoms with Gasteiger partial charge in [0.1, 0.15) is 0 Å². The lowest BCUT2D eigenvalue weighted by molar-refractivity contribution is 0.579. The van der Waals surface area contributed by atoms with Crippen LogP contribution >= 0.6 is 0 Å². The summed E-state index contributed by atoms with van der Waals surface area (Å²) in [5.41, 5.74) is 1.59. The number of rotatable bonds is 6. The highest BCUT2D eigenvalue weighted by molar-refractivity contribution is 7.89. The Morgan fingerprint density at radius 2 is 2.05 bits per heavy atom. The van der Waals surface area contributed by atoms with E-state index in [9.17, 15) is 8.42 Å². The molecule has 0 aromatic carbocycles. The van der Waals surface area contributed by atoms with Gasteiger partial charge in [0.05, 0.1) is 17.1 Å². The molecule has 110 valence electrons. The molecule has 8 heteroatoms. The van der Waals surface area contributed by atoms with Crippen molar-refractivity contribution in [3.63, 3.8) is 0 Å². The van der Waals surface area contributed by atoms with Crippen molar-refractivity contribution in [3.8, 4) is 0 Å². The summed E-state index contributed by atoms with van der Waals surface area (Å²) in [6.45, 7) is 0.797. The van der Waals surface area contributed by atoms with E-state index in [1.54, 1.807) is 40.8 Å². The van der Waals surface area contributed by atoms with Gasteiger partial charge in [0.2, 0.25) is 10.0 Å². The van der Waals surface area contributed by atoms with Gasteiger partial charge in [-0.3, -0.25) is 4.68 Å². The number of aromatic nitrogens is 3. The van der Waals surface area contributed by atoms with Crippen LogP contribution in [0.5, 0.6) is 0 Å². The second kappa shape index (κ2) is 5.78. The Kier molecular flexibility index (Phi) is 4.26. The molecule has 0 bridgehead atoms. The Bertz CT molecular complexity index is 687. The summed E-state index contributed by atoms with van der Waals surface area (Å²) in [6.07, 6.45) is 3.38. The van der Waals surface area contributed by atoms with Crippen LogP contribution in [-0.4, -0.2) is 29.8 Å². The molecule has 0 saturated carbocycles. The highest BCUT2D eigenvalue weighted by atomic mass is 32.2. The van der Waals surface area contributed by atoms with Crippen LogP contribution < -0.4 is 10.0 Å². The number of hydrogen-bond donors (Lipinski definition) is 2. The van der Waals surface area contributed by atoms with Crippen molar-refractivity contribution in [1.29, 1.82) is 0 Å². The van der Waals surface area contributed by atoms with Crippen molar-refractivity contribution in [2.75, 3.05) is 7.05 Å². The van der Waals surface area contributed by atoms with Gasteiger partial charge in [-0.15, -0.1) is 0 Å². The van der Waals surface area contributed by atoms with Gasteiger partial charge in [0, 0.05) is 38.7 Å². The maximum Gasteiger partial charge on any atom is 0.242 e. The predicted molar refractivity (Wildman–Crippen MR) is 75.4 cm³/mol. The second-order valence-electron chi connectivity index (χ2n) is 4.61. The van der Waals surface area contributed by atoms with Crippen molar-refractivity contribution >= 4 is 10.0 Å². The maximum absolute atomic E-state index is 12.2. The summed E-state index contributed by atoms with van der Waals surface area (Å²) in [6, 6.07) is 3.44. The average molecular weight is 297 g/mol. The average Bonchev–Trinajstić information content (AvgIpc) is 2.95. The monoisotopic (exact) mass is 297 g/mol. The largest absolute Gasteiger partial charge is 0.352 e. The van der Waals surface area contributed by atoms with Crippen molar-refractivity contribution < 1.29 is 8.42 Å². The Balaban J connectivity index is 2.11. The maximum atomic E-state index is 12.2. The molecule has 0 aliphatic rings. The Labute approximate surface area is 118 Å². The molecule has 0 unspecified atom stereocenters. The fourth-order valence-electron chi connectivity index (χ4n) is 1.89. The van der Waals surface area contributed by atoms with E-state index < -0.39 is 10.0 Å². The number of aryl methyl sites for hydroxylation is 2. The molecule has 0 fully saturated rings. The minimum absolute atomic E-state index is 0.180. The molecule has 0 radical (unpaired) electrons. The first kappa shape index (κ1) is 14.8. The molecular formula is C12H19N5O2S. The number of sulfonamides is 1. The lowest BCUT2D eigenvalue weighted by atomic mass is 10.4. The standard InChI is InChI=1S/C12H19N5O2S/c1-13-8-11-6-12(9-16(11)2)20(18,19)14-7-10-4-5-17(3)15-10/h4-6,9,13-14H,7-8H2,1-3H3. The Morgan fingerprint density at radius 3 is 2.65 bits per heavy atom. The first-order valence-corrected chi connectivity index (χ1v) is 7.69. The normalized spacial score (nSPS) is 11.9. The molecule has 20 heavy (non-hydrogen) atoms. The summed E-state index contributed by atoms with van der Waals surface area (Å²) < 4.78 is 30.4. The lowest BCUT2D eigenvalue weighted by Gasteiger charge is -2.02. The van der Waals surface area contributed by atoms with Crippen LogP contribution in [0, 0.1) is 0 Å². The van der Waals surface area contributed by atoms with E-state index in [1.807, 2.05) is 14.1 Å².